The fourth-order valence-corrected chi connectivity index (χ4v) is 4.43. The maximum atomic E-state index is 5.65. The van der Waals surface area contributed by atoms with Crippen LogP contribution >= 0.6 is 0 Å². The molecule has 4 heterocycles. The van der Waals surface area contributed by atoms with Crippen molar-refractivity contribution < 1.29 is 4.42 Å². The first-order valence-electron chi connectivity index (χ1n) is 11.0. The molecule has 0 fully saturated rings. The molecule has 6 rings (SSSR count). The van der Waals surface area contributed by atoms with Crippen LogP contribution in [0, 0.1) is 6.92 Å². The smallest absolute Gasteiger partial charge is 0.134 e. The Morgan fingerprint density at radius 3 is 2.71 bits per heavy atom. The number of imidazole rings is 1. The molecule has 8 heteroatoms. The maximum Gasteiger partial charge on any atom is 0.134 e. The number of aryl methyl sites for hydroxylation is 3. The first-order chi connectivity index (χ1) is 16.6. The van der Waals surface area contributed by atoms with Crippen LogP contribution in [0.1, 0.15) is 22.9 Å². The van der Waals surface area contributed by atoms with E-state index in [1.54, 1.807) is 29.7 Å². The Bertz CT molecular complexity index is 1640. The molecule has 34 heavy (non-hydrogen) atoms. The summed E-state index contributed by atoms with van der Waals surface area (Å²) in [7, 11) is 3.91. The Labute approximate surface area is 195 Å². The van der Waals surface area contributed by atoms with Crippen molar-refractivity contribution in [1.29, 1.82) is 0 Å². The van der Waals surface area contributed by atoms with Gasteiger partial charge in [0.1, 0.15) is 5.58 Å². The van der Waals surface area contributed by atoms with E-state index < -0.39 is 0 Å². The van der Waals surface area contributed by atoms with Crippen LogP contribution in [0.4, 0.5) is 5.69 Å². The molecule has 0 aliphatic heterocycles. The highest BCUT2D eigenvalue weighted by Gasteiger charge is 2.20. The van der Waals surface area contributed by atoms with Crippen molar-refractivity contribution in [2.75, 3.05) is 5.32 Å². The van der Waals surface area contributed by atoms with E-state index in [9.17, 15) is 0 Å². The highest BCUT2D eigenvalue weighted by molar-refractivity contribution is 5.97. The van der Waals surface area contributed by atoms with Gasteiger partial charge in [0.05, 0.1) is 47.8 Å². The number of nitrogens with zero attached hydrogens (tertiary/aromatic N) is 6. The lowest BCUT2D eigenvalue weighted by atomic mass is 10.00. The average molecular weight is 450 g/mol. The second kappa shape index (κ2) is 7.84. The van der Waals surface area contributed by atoms with E-state index >= 15 is 0 Å². The summed E-state index contributed by atoms with van der Waals surface area (Å²) in [5.74, 6) is 0. The third-order valence-corrected chi connectivity index (χ3v) is 6.17. The monoisotopic (exact) mass is 449 g/mol. The van der Waals surface area contributed by atoms with Crippen LogP contribution in [0.15, 0.2) is 78.3 Å². The number of fused-ring (bicyclic) bond motifs is 2. The summed E-state index contributed by atoms with van der Waals surface area (Å²) in [6, 6.07) is 10.3. The summed E-state index contributed by atoms with van der Waals surface area (Å²) < 4.78 is 9.47. The number of nitrogens with one attached hydrogen (secondary N) is 1. The normalized spacial score (nSPS) is 12.4. The highest BCUT2D eigenvalue weighted by Crippen LogP contribution is 2.35. The Morgan fingerprint density at radius 2 is 1.91 bits per heavy atom. The second-order valence-corrected chi connectivity index (χ2v) is 8.53. The Balaban J connectivity index is 1.50. The van der Waals surface area contributed by atoms with Crippen LogP contribution < -0.4 is 5.32 Å². The summed E-state index contributed by atoms with van der Waals surface area (Å²) in [5, 5.41) is 9.17. The first kappa shape index (κ1) is 20.2. The molecular formula is C26H23N7O. The minimum Gasteiger partial charge on any atom is -0.464 e. The molecule has 6 aromatic rings. The lowest BCUT2D eigenvalue weighted by Crippen LogP contribution is -2.15. The summed E-state index contributed by atoms with van der Waals surface area (Å²) in [5.41, 5.74) is 8.73. The molecule has 1 N–H and O–H groups in total. The molecule has 4 aromatic heterocycles. The average Bonchev–Trinajstić information content (AvgIpc) is 3.57. The molecular weight excluding hydrogens is 426 g/mol. The summed E-state index contributed by atoms with van der Waals surface area (Å²) >= 11 is 0. The summed E-state index contributed by atoms with van der Waals surface area (Å²) in [6.07, 6.45) is 12.8. The van der Waals surface area contributed by atoms with Crippen molar-refractivity contribution >= 4 is 27.7 Å². The van der Waals surface area contributed by atoms with Crippen molar-refractivity contribution in [3.8, 4) is 11.1 Å². The fraction of sp³-hybridized carbons (Fsp3) is 0.154. The first-order valence-corrected chi connectivity index (χ1v) is 11.0. The lowest BCUT2D eigenvalue weighted by Gasteiger charge is -2.20. The predicted molar refractivity (Wildman–Crippen MR) is 131 cm³/mol. The van der Waals surface area contributed by atoms with Crippen LogP contribution in [0.25, 0.3) is 33.1 Å². The quantitative estimate of drug-likeness (QED) is 0.398. The van der Waals surface area contributed by atoms with E-state index in [0.29, 0.717) is 0 Å². The summed E-state index contributed by atoms with van der Waals surface area (Å²) in [4.78, 5) is 13.6. The van der Waals surface area contributed by atoms with Gasteiger partial charge < -0.3 is 14.3 Å². The van der Waals surface area contributed by atoms with Gasteiger partial charge in [-0.15, -0.1) is 0 Å². The van der Waals surface area contributed by atoms with E-state index in [2.05, 4.69) is 50.5 Å². The third-order valence-electron chi connectivity index (χ3n) is 6.17. The van der Waals surface area contributed by atoms with E-state index in [4.69, 9.17) is 4.42 Å². The maximum absolute atomic E-state index is 5.65. The van der Waals surface area contributed by atoms with Crippen LogP contribution in [0.3, 0.4) is 0 Å². The predicted octanol–water partition coefficient (Wildman–Crippen LogP) is 5.02. The van der Waals surface area contributed by atoms with Gasteiger partial charge in [-0.3, -0.25) is 14.6 Å². The van der Waals surface area contributed by atoms with Crippen LogP contribution in [0.5, 0.6) is 0 Å². The zero-order valence-electron chi connectivity index (χ0n) is 19.1. The SMILES string of the molecule is Cc1coc2ccc(-c3cc(NC(c4cnn(C)c4)c4cncn4C)cc4nccnc34)cc12. The van der Waals surface area contributed by atoms with E-state index in [0.717, 1.165) is 55.6 Å². The van der Waals surface area contributed by atoms with Gasteiger partial charge in [-0.1, -0.05) is 6.07 Å². The molecule has 1 unspecified atom stereocenters. The molecule has 8 nitrogen and oxygen atoms in total. The molecule has 0 aliphatic carbocycles. The highest BCUT2D eigenvalue weighted by atomic mass is 16.3. The Kier molecular flexibility index (Phi) is 4.65. The van der Waals surface area contributed by atoms with Gasteiger partial charge in [0.25, 0.3) is 0 Å². The largest absolute Gasteiger partial charge is 0.464 e. The number of anilines is 1. The van der Waals surface area contributed by atoms with Gasteiger partial charge in [-0.25, -0.2) is 4.98 Å². The molecule has 0 amide bonds. The van der Waals surface area contributed by atoms with Gasteiger partial charge >= 0.3 is 0 Å². The van der Waals surface area contributed by atoms with Crippen molar-refractivity contribution in [3.05, 3.63) is 90.7 Å². The van der Waals surface area contributed by atoms with Crippen molar-refractivity contribution in [2.45, 2.75) is 13.0 Å². The molecule has 1 atom stereocenters. The zero-order chi connectivity index (χ0) is 23.2. The van der Waals surface area contributed by atoms with Gasteiger partial charge in [0.2, 0.25) is 0 Å². The number of aromatic nitrogens is 6. The number of hydrogen-bond acceptors (Lipinski definition) is 6. The number of rotatable bonds is 5. The minimum absolute atomic E-state index is 0.137. The van der Waals surface area contributed by atoms with Crippen molar-refractivity contribution in [3.63, 3.8) is 0 Å². The third kappa shape index (κ3) is 3.40. The molecule has 0 saturated carbocycles. The molecule has 0 bridgehead atoms. The molecule has 0 radical (unpaired) electrons. The Morgan fingerprint density at radius 1 is 1.03 bits per heavy atom. The zero-order valence-corrected chi connectivity index (χ0v) is 19.1. The van der Waals surface area contributed by atoms with Gasteiger partial charge in [0, 0.05) is 54.9 Å². The topological polar surface area (TPSA) is 86.6 Å². The molecule has 168 valence electrons. The molecule has 0 aliphatic rings. The molecule has 0 spiro atoms. The van der Waals surface area contributed by atoms with E-state index in [1.807, 2.05) is 49.4 Å². The lowest BCUT2D eigenvalue weighted by molar-refractivity contribution is 0.613. The summed E-state index contributed by atoms with van der Waals surface area (Å²) in [6.45, 7) is 2.05. The van der Waals surface area contributed by atoms with Crippen LogP contribution in [-0.4, -0.2) is 29.3 Å². The van der Waals surface area contributed by atoms with Gasteiger partial charge in [0.15, 0.2) is 0 Å². The molecule has 2 aromatic carbocycles. The number of hydrogen-bond donors (Lipinski definition) is 1. The van der Waals surface area contributed by atoms with E-state index in [1.165, 1.54) is 0 Å². The Hall–Kier alpha value is -4.46. The molecule has 0 saturated heterocycles. The van der Waals surface area contributed by atoms with Crippen molar-refractivity contribution in [2.24, 2.45) is 14.1 Å². The second-order valence-electron chi connectivity index (χ2n) is 8.53. The van der Waals surface area contributed by atoms with Gasteiger partial charge in [-0.05, 0) is 42.3 Å². The number of furan rings is 1. The van der Waals surface area contributed by atoms with Crippen LogP contribution in [-0.2, 0) is 14.1 Å². The van der Waals surface area contributed by atoms with E-state index in [-0.39, 0.29) is 6.04 Å². The minimum atomic E-state index is -0.137. The standard InChI is InChI=1S/C26H23N7O/c1-16-14-34-24-5-4-17(8-20(16)24)21-9-19(10-22-26(21)29-7-6-28-22)31-25(18-11-30-33(3)13-18)23-12-27-15-32(23)2/h4-15,25,31H,1-3H3. The van der Waals surface area contributed by atoms with Crippen molar-refractivity contribution in [1.82, 2.24) is 29.3 Å². The van der Waals surface area contributed by atoms with Gasteiger partial charge in [-0.2, -0.15) is 5.10 Å². The number of benzene rings is 2. The van der Waals surface area contributed by atoms with Crippen LogP contribution in [0.2, 0.25) is 0 Å². The fourth-order valence-electron chi connectivity index (χ4n) is 4.43.